The lowest BCUT2D eigenvalue weighted by Crippen LogP contribution is -2.26. The number of benzene rings is 1. The summed E-state index contributed by atoms with van der Waals surface area (Å²) in [5.41, 5.74) is 11.3. The molecule has 0 radical (unpaired) electrons. The van der Waals surface area contributed by atoms with Gasteiger partial charge in [-0.05, 0) is 63.6 Å². The zero-order chi connectivity index (χ0) is 26.3. The Hall–Kier alpha value is -3.53. The number of aromatic nitrogens is 2. The average Bonchev–Trinajstić information content (AvgIpc) is 3.17. The smallest absolute Gasteiger partial charge is 0.248 e. The van der Waals surface area contributed by atoms with Crippen molar-refractivity contribution in [1.29, 1.82) is 5.26 Å². The van der Waals surface area contributed by atoms with Crippen molar-refractivity contribution < 1.29 is 13.6 Å². The second kappa shape index (κ2) is 9.50. The van der Waals surface area contributed by atoms with Crippen molar-refractivity contribution in [3.8, 4) is 17.2 Å². The summed E-state index contributed by atoms with van der Waals surface area (Å²) in [6, 6.07) is 12.1. The summed E-state index contributed by atoms with van der Waals surface area (Å²) >= 11 is 0. The Labute approximate surface area is 210 Å². The van der Waals surface area contributed by atoms with Crippen molar-refractivity contribution in [2.75, 3.05) is 0 Å². The number of carbonyl (C=O) groups is 1. The number of nitriles is 1. The van der Waals surface area contributed by atoms with Crippen LogP contribution in [-0.2, 0) is 16.8 Å². The highest BCUT2D eigenvalue weighted by Crippen LogP contribution is 2.39. The standard InChI is InChI=1S/C29H32F2N4O/c1-18(33)26(19(2)36)22-13-25-27(34-14-22)24(21-5-7-23(8-6-21)28(3,4)17-32)16-35(25)15-20-9-11-29(30,31)12-10-20/h5-8,13-14,16,20H,9-12,15,33H2,1-4H3. The maximum Gasteiger partial charge on any atom is 0.248 e. The lowest BCUT2D eigenvalue weighted by molar-refractivity contribution is -0.111. The molecule has 1 aliphatic rings. The minimum absolute atomic E-state index is 0.0903. The topological polar surface area (TPSA) is 84.7 Å². The minimum Gasteiger partial charge on any atom is -0.402 e. The number of allylic oxidation sites excluding steroid dienone is 2. The maximum atomic E-state index is 13.7. The van der Waals surface area contributed by atoms with E-state index in [1.54, 1.807) is 13.1 Å². The van der Waals surface area contributed by atoms with Crippen LogP contribution in [0.25, 0.3) is 27.7 Å². The van der Waals surface area contributed by atoms with Crippen molar-refractivity contribution >= 4 is 22.4 Å². The summed E-state index contributed by atoms with van der Waals surface area (Å²) in [5.74, 6) is -2.58. The van der Waals surface area contributed by atoms with E-state index < -0.39 is 11.3 Å². The first-order chi connectivity index (χ1) is 16.9. The first-order valence-electron chi connectivity index (χ1n) is 12.3. The van der Waals surface area contributed by atoms with Gasteiger partial charge < -0.3 is 10.3 Å². The van der Waals surface area contributed by atoms with Gasteiger partial charge in [-0.25, -0.2) is 8.78 Å². The molecule has 0 saturated heterocycles. The molecular formula is C29H32F2N4O. The molecule has 1 fully saturated rings. The molecule has 188 valence electrons. The second-order valence-corrected chi connectivity index (χ2v) is 10.5. The van der Waals surface area contributed by atoms with Crippen LogP contribution in [0.4, 0.5) is 8.78 Å². The van der Waals surface area contributed by atoms with E-state index in [-0.39, 0.29) is 24.5 Å². The van der Waals surface area contributed by atoms with E-state index in [1.165, 1.54) is 6.92 Å². The maximum absolute atomic E-state index is 13.7. The second-order valence-electron chi connectivity index (χ2n) is 10.5. The van der Waals surface area contributed by atoms with Crippen LogP contribution >= 0.6 is 0 Å². The van der Waals surface area contributed by atoms with Crippen LogP contribution in [0, 0.1) is 17.2 Å². The summed E-state index contributed by atoms with van der Waals surface area (Å²) in [4.78, 5) is 17.0. The molecule has 0 spiro atoms. The van der Waals surface area contributed by atoms with Gasteiger partial charge in [0.15, 0.2) is 5.78 Å². The third-order valence-corrected chi connectivity index (χ3v) is 7.24. The number of hydrogen-bond acceptors (Lipinski definition) is 4. The highest BCUT2D eigenvalue weighted by Gasteiger charge is 2.35. The molecule has 0 aliphatic heterocycles. The zero-order valence-electron chi connectivity index (χ0n) is 21.2. The molecule has 2 heterocycles. The predicted molar refractivity (Wildman–Crippen MR) is 138 cm³/mol. The molecule has 36 heavy (non-hydrogen) atoms. The van der Waals surface area contributed by atoms with Crippen molar-refractivity contribution in [3.05, 3.63) is 59.5 Å². The fourth-order valence-electron chi connectivity index (χ4n) is 5.07. The number of rotatable bonds is 6. The monoisotopic (exact) mass is 490 g/mol. The Kier molecular flexibility index (Phi) is 6.74. The van der Waals surface area contributed by atoms with Crippen molar-refractivity contribution in [2.45, 2.75) is 71.3 Å². The number of Topliss-reactive ketones (excluding diaryl/α,β-unsaturated/α-hetero) is 1. The Morgan fingerprint density at radius 3 is 2.42 bits per heavy atom. The lowest BCUT2D eigenvalue weighted by Gasteiger charge is -2.28. The summed E-state index contributed by atoms with van der Waals surface area (Å²) in [7, 11) is 0. The Morgan fingerprint density at radius 1 is 1.22 bits per heavy atom. The van der Waals surface area contributed by atoms with Crippen LogP contribution < -0.4 is 5.73 Å². The van der Waals surface area contributed by atoms with Crippen LogP contribution in [0.1, 0.15) is 64.5 Å². The first kappa shape index (κ1) is 25.6. The largest absolute Gasteiger partial charge is 0.402 e. The van der Waals surface area contributed by atoms with Gasteiger partial charge in [-0.3, -0.25) is 9.78 Å². The average molecular weight is 491 g/mol. The fourth-order valence-corrected chi connectivity index (χ4v) is 5.07. The van der Waals surface area contributed by atoms with E-state index in [0.29, 0.717) is 36.2 Å². The van der Waals surface area contributed by atoms with Crippen LogP contribution in [0.2, 0.25) is 0 Å². The van der Waals surface area contributed by atoms with Crippen LogP contribution in [0.3, 0.4) is 0 Å². The molecule has 7 heteroatoms. The number of hydrogen-bond donors (Lipinski definition) is 1. The van der Waals surface area contributed by atoms with Crippen molar-refractivity contribution in [1.82, 2.24) is 9.55 Å². The number of carbonyl (C=O) groups excluding carboxylic acids is 1. The van der Waals surface area contributed by atoms with Gasteiger partial charge in [-0.1, -0.05) is 24.3 Å². The number of ketones is 1. The zero-order valence-corrected chi connectivity index (χ0v) is 21.2. The molecule has 3 aromatic rings. The van der Waals surface area contributed by atoms with Crippen molar-refractivity contribution in [2.24, 2.45) is 11.7 Å². The molecule has 1 saturated carbocycles. The molecule has 2 N–H and O–H groups in total. The van der Waals surface area contributed by atoms with Crippen LogP contribution in [-0.4, -0.2) is 21.3 Å². The van der Waals surface area contributed by atoms with Gasteiger partial charge in [0.2, 0.25) is 5.92 Å². The van der Waals surface area contributed by atoms with E-state index in [2.05, 4.69) is 10.6 Å². The first-order valence-corrected chi connectivity index (χ1v) is 12.3. The van der Waals surface area contributed by atoms with Gasteiger partial charge in [0.1, 0.15) is 0 Å². The quantitative estimate of drug-likeness (QED) is 0.394. The number of fused-ring (bicyclic) bond motifs is 1. The van der Waals surface area contributed by atoms with E-state index in [9.17, 15) is 18.8 Å². The molecule has 0 amide bonds. The summed E-state index contributed by atoms with van der Waals surface area (Å²) in [6.45, 7) is 7.52. The van der Waals surface area contributed by atoms with E-state index in [0.717, 1.165) is 27.7 Å². The lowest BCUT2D eigenvalue weighted by atomic mass is 9.85. The third kappa shape index (κ3) is 5.04. The molecular weight excluding hydrogens is 458 g/mol. The molecule has 1 aromatic carbocycles. The van der Waals surface area contributed by atoms with Crippen LogP contribution in [0.5, 0.6) is 0 Å². The minimum atomic E-state index is -2.58. The molecule has 4 rings (SSSR count). The Morgan fingerprint density at radius 2 is 1.86 bits per heavy atom. The SMILES string of the molecule is CC(=O)C(=C(C)N)c1cnc2c(-c3ccc(C(C)(C)C#N)cc3)cn(CC3CCC(F)(F)CC3)c2c1. The number of nitrogens with two attached hydrogens (primary N) is 1. The van der Waals surface area contributed by atoms with Crippen molar-refractivity contribution in [3.63, 3.8) is 0 Å². The Bertz CT molecular complexity index is 1360. The number of pyridine rings is 1. The number of halogens is 2. The third-order valence-electron chi connectivity index (χ3n) is 7.24. The van der Waals surface area contributed by atoms with Gasteiger partial charge in [0.25, 0.3) is 0 Å². The number of nitrogens with zero attached hydrogens (tertiary/aromatic N) is 3. The normalized spacial score (nSPS) is 17.0. The molecule has 2 aromatic heterocycles. The molecule has 1 aliphatic carbocycles. The summed E-state index contributed by atoms with van der Waals surface area (Å²) in [5, 5.41) is 9.47. The van der Waals surface area contributed by atoms with E-state index in [1.807, 2.05) is 50.4 Å². The summed E-state index contributed by atoms with van der Waals surface area (Å²) < 4.78 is 29.6. The van der Waals surface area contributed by atoms with E-state index in [4.69, 9.17) is 10.7 Å². The summed E-state index contributed by atoms with van der Waals surface area (Å²) in [6.07, 6.45) is 4.43. The van der Waals surface area contributed by atoms with Gasteiger partial charge in [-0.2, -0.15) is 5.26 Å². The van der Waals surface area contributed by atoms with Gasteiger partial charge in [-0.15, -0.1) is 0 Å². The van der Waals surface area contributed by atoms with Gasteiger partial charge >= 0.3 is 0 Å². The Balaban J connectivity index is 1.80. The molecule has 0 atom stereocenters. The number of alkyl halides is 2. The highest BCUT2D eigenvalue weighted by molar-refractivity contribution is 6.20. The fraction of sp³-hybridized carbons (Fsp3) is 0.414. The molecule has 0 bridgehead atoms. The molecule has 0 unspecified atom stereocenters. The predicted octanol–water partition coefficient (Wildman–Crippen LogP) is 6.61. The van der Waals surface area contributed by atoms with E-state index >= 15 is 0 Å². The van der Waals surface area contributed by atoms with Gasteiger partial charge in [0, 0.05) is 54.2 Å². The van der Waals surface area contributed by atoms with Crippen LogP contribution in [0.15, 0.2) is 48.4 Å². The molecule has 5 nitrogen and oxygen atoms in total. The van der Waals surface area contributed by atoms with Gasteiger partial charge in [0.05, 0.1) is 22.5 Å². The highest BCUT2D eigenvalue weighted by atomic mass is 19.3.